The van der Waals surface area contributed by atoms with Gasteiger partial charge in [-0.3, -0.25) is 0 Å². The molecule has 0 aliphatic heterocycles. The number of nitrogens with zero attached hydrogens (tertiary/aromatic N) is 3. The molecule has 0 aliphatic carbocycles. The third-order valence-corrected chi connectivity index (χ3v) is 5.22. The highest BCUT2D eigenvalue weighted by Crippen LogP contribution is 2.22. The fourth-order valence-corrected chi connectivity index (χ4v) is 3.50. The monoisotopic (exact) mass is 366 g/mol. The van der Waals surface area contributed by atoms with E-state index in [1.807, 2.05) is 12.1 Å². The van der Waals surface area contributed by atoms with Crippen LogP contribution in [0.3, 0.4) is 0 Å². The van der Waals surface area contributed by atoms with Gasteiger partial charge in [0.25, 0.3) is 0 Å². The van der Waals surface area contributed by atoms with Crippen molar-refractivity contribution in [1.82, 2.24) is 9.97 Å². The molecule has 4 nitrogen and oxygen atoms in total. The zero-order valence-electron chi connectivity index (χ0n) is 16.2. The van der Waals surface area contributed by atoms with E-state index >= 15 is 0 Å². The van der Waals surface area contributed by atoms with Gasteiger partial charge in [0.05, 0.1) is 17.1 Å². The van der Waals surface area contributed by atoms with Crippen molar-refractivity contribution in [2.45, 2.75) is 26.7 Å². The molecule has 4 aromatic rings. The Kier molecular flexibility index (Phi) is 4.90. The van der Waals surface area contributed by atoms with Gasteiger partial charge in [-0.25, -0.2) is 9.97 Å². The highest BCUT2D eigenvalue weighted by Gasteiger charge is 2.05. The van der Waals surface area contributed by atoms with Crippen LogP contribution in [0.2, 0.25) is 0 Å². The van der Waals surface area contributed by atoms with Gasteiger partial charge in [0.1, 0.15) is 12.1 Å². The molecule has 4 heteroatoms. The molecule has 0 spiro atoms. The molecule has 0 unspecified atom stereocenters. The molecular weight excluding hydrogens is 344 g/mol. The number of nitriles is 1. The number of anilines is 1. The van der Waals surface area contributed by atoms with E-state index in [0.717, 1.165) is 36.1 Å². The van der Waals surface area contributed by atoms with Crippen LogP contribution in [0.15, 0.2) is 54.9 Å². The molecule has 0 aliphatic rings. The number of aromatic nitrogens is 2. The van der Waals surface area contributed by atoms with Crippen LogP contribution in [0.4, 0.5) is 5.82 Å². The number of hydrogen-bond donors (Lipinski definition) is 1. The first-order valence-electron chi connectivity index (χ1n) is 9.53. The third-order valence-electron chi connectivity index (χ3n) is 5.22. The molecule has 0 saturated carbocycles. The smallest absolute Gasteiger partial charge is 0.137 e. The predicted octanol–water partition coefficient (Wildman–Crippen LogP) is 5.32. The van der Waals surface area contributed by atoms with E-state index in [9.17, 15) is 0 Å². The fraction of sp³-hybridized carbons (Fsp3) is 0.208. The molecule has 0 atom stereocenters. The van der Waals surface area contributed by atoms with Crippen molar-refractivity contribution in [1.29, 1.82) is 5.26 Å². The Bertz CT molecular complexity index is 1200. The maximum Gasteiger partial charge on any atom is 0.137 e. The lowest BCUT2D eigenvalue weighted by Gasteiger charge is -2.09. The summed E-state index contributed by atoms with van der Waals surface area (Å²) >= 11 is 0. The fourth-order valence-electron chi connectivity index (χ4n) is 3.50. The summed E-state index contributed by atoms with van der Waals surface area (Å²) in [6.45, 7) is 5.13. The molecule has 0 saturated heterocycles. The minimum atomic E-state index is 0.618. The van der Waals surface area contributed by atoms with E-state index in [-0.39, 0.29) is 0 Å². The molecular formula is C24H22N4. The Hall–Kier alpha value is -3.45. The molecule has 0 radical (unpaired) electrons. The number of nitrogens with one attached hydrogen (secondary N) is 1. The minimum absolute atomic E-state index is 0.618. The number of aryl methyl sites for hydroxylation is 3. The van der Waals surface area contributed by atoms with Crippen molar-refractivity contribution >= 4 is 27.5 Å². The van der Waals surface area contributed by atoms with Crippen molar-refractivity contribution in [3.05, 3.63) is 77.1 Å². The summed E-state index contributed by atoms with van der Waals surface area (Å²) in [5.41, 5.74) is 5.47. The lowest BCUT2D eigenvalue weighted by molar-refractivity contribution is 0.860. The first-order valence-corrected chi connectivity index (χ1v) is 9.53. The SMILES string of the molecule is Cc1cc2ccc(CCCNc3ncnc4ccc(C#N)cc34)cc2cc1C. The van der Waals surface area contributed by atoms with Crippen LogP contribution in [0.1, 0.15) is 28.7 Å². The van der Waals surface area contributed by atoms with Gasteiger partial charge >= 0.3 is 0 Å². The number of benzene rings is 3. The van der Waals surface area contributed by atoms with Crippen molar-refractivity contribution < 1.29 is 0 Å². The second-order valence-corrected chi connectivity index (χ2v) is 7.21. The van der Waals surface area contributed by atoms with Crippen LogP contribution in [-0.4, -0.2) is 16.5 Å². The summed E-state index contributed by atoms with van der Waals surface area (Å²) in [5, 5.41) is 16.0. The van der Waals surface area contributed by atoms with E-state index < -0.39 is 0 Å². The zero-order chi connectivity index (χ0) is 19.5. The Morgan fingerprint density at radius 1 is 0.929 bits per heavy atom. The van der Waals surface area contributed by atoms with Crippen molar-refractivity contribution in [2.24, 2.45) is 0 Å². The Morgan fingerprint density at radius 2 is 1.75 bits per heavy atom. The number of rotatable bonds is 5. The molecule has 0 bridgehead atoms. The van der Waals surface area contributed by atoms with Gasteiger partial charge in [-0.2, -0.15) is 5.26 Å². The highest BCUT2D eigenvalue weighted by molar-refractivity contribution is 5.89. The Labute approximate surface area is 164 Å². The van der Waals surface area contributed by atoms with Gasteiger partial charge in [-0.15, -0.1) is 0 Å². The maximum atomic E-state index is 9.12. The van der Waals surface area contributed by atoms with Crippen molar-refractivity contribution in [3.63, 3.8) is 0 Å². The van der Waals surface area contributed by atoms with E-state index in [1.165, 1.54) is 27.5 Å². The summed E-state index contributed by atoms with van der Waals surface area (Å²) in [6.07, 6.45) is 3.56. The zero-order valence-corrected chi connectivity index (χ0v) is 16.2. The third kappa shape index (κ3) is 3.65. The van der Waals surface area contributed by atoms with E-state index in [0.29, 0.717) is 5.56 Å². The second kappa shape index (κ2) is 7.66. The number of fused-ring (bicyclic) bond motifs is 2. The van der Waals surface area contributed by atoms with E-state index in [2.05, 4.69) is 65.5 Å². The maximum absolute atomic E-state index is 9.12. The van der Waals surface area contributed by atoms with Gasteiger partial charge in [0.2, 0.25) is 0 Å². The Morgan fingerprint density at radius 3 is 2.57 bits per heavy atom. The van der Waals surface area contributed by atoms with Crippen LogP contribution in [0, 0.1) is 25.2 Å². The van der Waals surface area contributed by atoms with E-state index in [1.54, 1.807) is 12.4 Å². The molecule has 1 aromatic heterocycles. The largest absolute Gasteiger partial charge is 0.369 e. The van der Waals surface area contributed by atoms with Gasteiger partial charge in [0.15, 0.2) is 0 Å². The average Bonchev–Trinajstić information content (AvgIpc) is 2.72. The molecule has 138 valence electrons. The first-order chi connectivity index (χ1) is 13.6. The quantitative estimate of drug-likeness (QED) is 0.486. The minimum Gasteiger partial charge on any atom is -0.369 e. The molecule has 1 N–H and O–H groups in total. The average molecular weight is 366 g/mol. The molecule has 28 heavy (non-hydrogen) atoms. The standard InChI is InChI=1S/C24H22N4/c1-16-10-20-7-5-18(12-21(20)11-17(16)2)4-3-9-26-24-22-13-19(14-25)6-8-23(22)27-15-28-24/h5-8,10-13,15H,3-4,9H2,1-2H3,(H,26,27,28). The van der Waals surface area contributed by atoms with Gasteiger partial charge in [0, 0.05) is 11.9 Å². The van der Waals surface area contributed by atoms with Crippen LogP contribution >= 0.6 is 0 Å². The molecule has 3 aromatic carbocycles. The lowest BCUT2D eigenvalue weighted by atomic mass is 9.99. The molecule has 1 heterocycles. The van der Waals surface area contributed by atoms with Gasteiger partial charge in [-0.1, -0.05) is 30.3 Å². The topological polar surface area (TPSA) is 61.6 Å². The summed E-state index contributed by atoms with van der Waals surface area (Å²) < 4.78 is 0. The number of hydrogen-bond acceptors (Lipinski definition) is 4. The molecule has 4 rings (SSSR count). The Balaban J connectivity index is 1.44. The lowest BCUT2D eigenvalue weighted by Crippen LogP contribution is -2.05. The summed E-state index contributed by atoms with van der Waals surface area (Å²) in [7, 11) is 0. The highest BCUT2D eigenvalue weighted by atomic mass is 15.0. The van der Waals surface area contributed by atoms with Crippen molar-refractivity contribution in [2.75, 3.05) is 11.9 Å². The van der Waals surface area contributed by atoms with Crippen molar-refractivity contribution in [3.8, 4) is 6.07 Å². The predicted molar refractivity (Wildman–Crippen MR) is 114 cm³/mol. The summed E-state index contributed by atoms with van der Waals surface area (Å²) in [5.74, 6) is 0.784. The summed E-state index contributed by atoms with van der Waals surface area (Å²) in [4.78, 5) is 8.63. The van der Waals surface area contributed by atoms with Crippen LogP contribution in [-0.2, 0) is 6.42 Å². The van der Waals surface area contributed by atoms with Crippen LogP contribution in [0.5, 0.6) is 0 Å². The second-order valence-electron chi connectivity index (χ2n) is 7.21. The van der Waals surface area contributed by atoms with Gasteiger partial charge in [-0.05, 0) is 72.4 Å². The van der Waals surface area contributed by atoms with Gasteiger partial charge < -0.3 is 5.32 Å². The first kappa shape index (κ1) is 17.9. The summed E-state index contributed by atoms with van der Waals surface area (Å²) in [6, 6.07) is 18.9. The van der Waals surface area contributed by atoms with Crippen LogP contribution in [0.25, 0.3) is 21.7 Å². The molecule has 0 fully saturated rings. The molecule has 0 amide bonds. The normalized spacial score (nSPS) is 10.9. The van der Waals surface area contributed by atoms with Crippen LogP contribution < -0.4 is 5.32 Å². The van der Waals surface area contributed by atoms with E-state index in [4.69, 9.17) is 5.26 Å².